The van der Waals surface area contributed by atoms with Crippen LogP contribution in [-0.2, 0) is 0 Å². The predicted molar refractivity (Wildman–Crippen MR) is 22.1 cm³/mol. The summed E-state index contributed by atoms with van der Waals surface area (Å²) in [5.41, 5.74) is 0. The van der Waals surface area contributed by atoms with E-state index in [1.807, 2.05) is 0 Å². The first kappa shape index (κ1) is 2.19. The summed E-state index contributed by atoms with van der Waals surface area (Å²) in [5, 5.41) is 2.99. The van der Waals surface area contributed by atoms with E-state index in [2.05, 4.69) is 5.32 Å². The monoisotopic (exact) mass is 72.1 g/mol. The van der Waals surface area contributed by atoms with E-state index in [1.54, 1.807) is 0 Å². The van der Waals surface area contributed by atoms with Crippen LogP contribution in [0.1, 0.15) is 14.2 Å². The molecule has 0 amide bonds. The van der Waals surface area contributed by atoms with Crippen molar-refractivity contribution in [2.75, 3.05) is 13.1 Å². The quantitative estimate of drug-likeness (QED) is 0.436. The van der Waals surface area contributed by atoms with Gasteiger partial charge in [-0.25, -0.2) is 0 Å². The van der Waals surface area contributed by atoms with E-state index in [4.69, 9.17) is 1.37 Å². The second-order valence-electron chi connectivity index (χ2n) is 1.30. The summed E-state index contributed by atoms with van der Waals surface area (Å²) in [6, 6.07) is 0. The second kappa shape index (κ2) is 1.41. The van der Waals surface area contributed by atoms with E-state index >= 15 is 0 Å². The van der Waals surface area contributed by atoms with Crippen LogP contribution in [0.4, 0.5) is 0 Å². The van der Waals surface area contributed by atoms with E-state index in [9.17, 15) is 0 Å². The molecular weight excluding hydrogens is 62.1 g/mol. The maximum Gasteiger partial charge on any atom is 0.0428 e. The SMILES string of the molecule is [2H][C@@H]1CCCN1. The molecule has 1 aliphatic heterocycles. The molecule has 0 spiro atoms. The third-order valence-corrected chi connectivity index (χ3v) is 0.814. The van der Waals surface area contributed by atoms with Gasteiger partial charge < -0.3 is 5.32 Å². The zero-order chi connectivity index (χ0) is 4.41. The average molecular weight is 72.1 g/mol. The van der Waals surface area contributed by atoms with Crippen molar-refractivity contribution in [3.05, 3.63) is 0 Å². The number of hydrogen-bond donors (Lipinski definition) is 1. The van der Waals surface area contributed by atoms with Crippen molar-refractivity contribution in [3.63, 3.8) is 0 Å². The molecule has 1 fully saturated rings. The van der Waals surface area contributed by atoms with Crippen molar-refractivity contribution < 1.29 is 1.37 Å². The van der Waals surface area contributed by atoms with Gasteiger partial charge in [0.15, 0.2) is 0 Å². The van der Waals surface area contributed by atoms with Crippen molar-refractivity contribution in [3.8, 4) is 0 Å². The molecule has 1 heteroatoms. The molecule has 30 valence electrons. The minimum Gasteiger partial charge on any atom is -0.317 e. The minimum atomic E-state index is 0.0463. The number of nitrogens with one attached hydrogen (secondary N) is 1. The molecule has 5 heavy (non-hydrogen) atoms. The van der Waals surface area contributed by atoms with Crippen molar-refractivity contribution in [2.45, 2.75) is 12.8 Å². The summed E-state index contributed by atoms with van der Waals surface area (Å²) in [7, 11) is 0. The molecule has 0 aromatic rings. The first-order valence-corrected chi connectivity index (χ1v) is 2.05. The second-order valence-corrected chi connectivity index (χ2v) is 1.30. The van der Waals surface area contributed by atoms with Crippen LogP contribution in [0.5, 0.6) is 0 Å². The summed E-state index contributed by atoms with van der Waals surface area (Å²) in [4.78, 5) is 0. The highest BCUT2D eigenvalue weighted by Gasteiger charge is 1.93. The largest absolute Gasteiger partial charge is 0.317 e. The maximum absolute atomic E-state index is 7.02. The Kier molecular flexibility index (Phi) is 0.618. The molecule has 1 heterocycles. The van der Waals surface area contributed by atoms with E-state index in [1.165, 1.54) is 6.42 Å². The van der Waals surface area contributed by atoms with E-state index < -0.39 is 0 Å². The van der Waals surface area contributed by atoms with Crippen molar-refractivity contribution >= 4 is 0 Å². The Morgan fingerprint density at radius 1 is 1.60 bits per heavy atom. The van der Waals surface area contributed by atoms with Gasteiger partial charge in [0, 0.05) is 1.37 Å². The normalized spacial score (nSPS) is 41.6. The maximum atomic E-state index is 7.02. The average Bonchev–Trinajstić information content (AvgIpc) is 1.86. The van der Waals surface area contributed by atoms with Gasteiger partial charge in [-0.05, 0) is 25.9 Å². The van der Waals surface area contributed by atoms with Gasteiger partial charge in [0.25, 0.3) is 0 Å². The van der Waals surface area contributed by atoms with Crippen LogP contribution >= 0.6 is 0 Å². The Hall–Kier alpha value is -0.0400. The highest BCUT2D eigenvalue weighted by atomic mass is 14.9. The topological polar surface area (TPSA) is 12.0 Å². The molecule has 0 unspecified atom stereocenters. The summed E-state index contributed by atoms with van der Waals surface area (Å²) < 4.78 is 7.02. The smallest absolute Gasteiger partial charge is 0.0428 e. The summed E-state index contributed by atoms with van der Waals surface area (Å²) >= 11 is 0. The van der Waals surface area contributed by atoms with Crippen molar-refractivity contribution in [1.82, 2.24) is 5.32 Å². The predicted octanol–water partition coefficient (Wildman–Crippen LogP) is 0.370. The number of hydrogen-bond acceptors (Lipinski definition) is 1. The molecule has 1 nitrogen and oxygen atoms in total. The molecule has 0 aromatic heterocycles. The molecule has 1 saturated heterocycles. The van der Waals surface area contributed by atoms with Gasteiger partial charge in [-0.2, -0.15) is 0 Å². The summed E-state index contributed by atoms with van der Waals surface area (Å²) in [6.07, 6.45) is 2.23. The molecule has 0 aromatic carbocycles. The summed E-state index contributed by atoms with van der Waals surface area (Å²) in [6.45, 7) is 1.10. The fourth-order valence-electron chi connectivity index (χ4n) is 0.510. The Bertz CT molecular complexity index is 40.8. The third-order valence-electron chi connectivity index (χ3n) is 0.814. The molecule has 0 aliphatic carbocycles. The lowest BCUT2D eigenvalue weighted by Crippen LogP contribution is -2.03. The van der Waals surface area contributed by atoms with Crippen LogP contribution in [0.2, 0.25) is 0 Å². The molecule has 0 bridgehead atoms. The van der Waals surface area contributed by atoms with Crippen molar-refractivity contribution in [1.29, 1.82) is 0 Å². The van der Waals surface area contributed by atoms with E-state index in [-0.39, 0.29) is 6.52 Å². The first-order chi connectivity index (χ1) is 2.89. The lowest BCUT2D eigenvalue weighted by atomic mass is 10.4. The van der Waals surface area contributed by atoms with E-state index in [0.29, 0.717) is 0 Å². The Balaban J connectivity index is 2.18. The Morgan fingerprint density at radius 2 is 2.60 bits per heavy atom. The first-order valence-electron chi connectivity index (χ1n) is 2.63. The molecule has 0 radical (unpaired) electrons. The zero-order valence-corrected chi connectivity index (χ0v) is 3.20. The molecular formula is C4H9N. The van der Waals surface area contributed by atoms with E-state index in [0.717, 1.165) is 13.0 Å². The van der Waals surface area contributed by atoms with Crippen LogP contribution in [0.15, 0.2) is 0 Å². The van der Waals surface area contributed by atoms with Gasteiger partial charge in [-0.3, -0.25) is 0 Å². The minimum absolute atomic E-state index is 0.0463. The zero-order valence-electron chi connectivity index (χ0n) is 4.20. The van der Waals surface area contributed by atoms with Gasteiger partial charge in [0.2, 0.25) is 0 Å². The Morgan fingerprint density at radius 3 is 2.80 bits per heavy atom. The van der Waals surface area contributed by atoms with Crippen LogP contribution in [0, 0.1) is 0 Å². The van der Waals surface area contributed by atoms with Gasteiger partial charge >= 0.3 is 0 Å². The Labute approximate surface area is 33.8 Å². The van der Waals surface area contributed by atoms with Crippen LogP contribution in [0.3, 0.4) is 0 Å². The van der Waals surface area contributed by atoms with Crippen LogP contribution < -0.4 is 5.32 Å². The molecule has 1 atom stereocenters. The van der Waals surface area contributed by atoms with Gasteiger partial charge in [-0.15, -0.1) is 0 Å². The highest BCUT2D eigenvalue weighted by Crippen LogP contribution is 1.90. The van der Waals surface area contributed by atoms with Gasteiger partial charge in [0.1, 0.15) is 0 Å². The highest BCUT2D eigenvalue weighted by molar-refractivity contribution is 4.55. The van der Waals surface area contributed by atoms with Gasteiger partial charge in [-0.1, -0.05) is 0 Å². The third kappa shape index (κ3) is 0.618. The van der Waals surface area contributed by atoms with Crippen LogP contribution in [-0.4, -0.2) is 13.1 Å². The lowest BCUT2D eigenvalue weighted by molar-refractivity contribution is 0.857. The lowest BCUT2D eigenvalue weighted by Gasteiger charge is -1.76. The van der Waals surface area contributed by atoms with Gasteiger partial charge in [0.05, 0.1) is 0 Å². The number of rotatable bonds is 0. The molecule has 1 aliphatic rings. The van der Waals surface area contributed by atoms with Crippen LogP contribution in [0.25, 0.3) is 0 Å². The molecule has 1 N–H and O–H groups in total. The fourth-order valence-corrected chi connectivity index (χ4v) is 0.510. The standard InChI is InChI=1S/C4H9N/c1-2-4-5-3-1/h5H,1-4H2/i3D/t3-/m1/s1. The fraction of sp³-hybridized carbons (Fsp3) is 1.00. The molecule has 1 rings (SSSR count). The molecule has 0 saturated carbocycles. The van der Waals surface area contributed by atoms with Crippen molar-refractivity contribution in [2.24, 2.45) is 0 Å². The summed E-state index contributed by atoms with van der Waals surface area (Å²) in [5.74, 6) is 0.